The van der Waals surface area contributed by atoms with E-state index in [4.69, 9.17) is 9.47 Å². The molecule has 2 amide bonds. The summed E-state index contributed by atoms with van der Waals surface area (Å²) in [6.07, 6.45) is 29.8. The fraction of sp³-hybridized carbons (Fsp3) is 0.583. The van der Waals surface area contributed by atoms with Gasteiger partial charge in [0.15, 0.2) is 0 Å². The second-order valence-electron chi connectivity index (χ2n) is 19.0. The molecule has 7 unspecified atom stereocenters. The number of nitrogens with one attached hydrogen (secondary N) is 2. The van der Waals surface area contributed by atoms with E-state index in [9.17, 15) is 14.4 Å². The highest BCUT2D eigenvalue weighted by Gasteiger charge is 2.69. The summed E-state index contributed by atoms with van der Waals surface area (Å²) in [6.45, 7) is 2.97. The lowest BCUT2D eigenvalue weighted by atomic mass is 9.43. The predicted octanol–water partition coefficient (Wildman–Crippen LogP) is 8.62. The van der Waals surface area contributed by atoms with Crippen molar-refractivity contribution in [3.05, 3.63) is 93.3 Å². The highest BCUT2D eigenvalue weighted by Crippen LogP contribution is 2.72. The van der Waals surface area contributed by atoms with Crippen LogP contribution in [0.2, 0.25) is 0 Å². The molecule has 1 spiro atoms. The summed E-state index contributed by atoms with van der Waals surface area (Å²) in [5.41, 5.74) is 4.75. The normalized spacial score (nSPS) is 36.8. The second kappa shape index (κ2) is 14.7. The average molecular weight is 834 g/mol. The fourth-order valence-electron chi connectivity index (χ4n) is 13.6. The summed E-state index contributed by atoms with van der Waals surface area (Å²) in [5, 5.41) is 7.46. The number of rotatable bonds is 5. The van der Waals surface area contributed by atoms with Crippen LogP contribution in [0.5, 0.6) is 0 Å². The minimum Gasteiger partial charge on any atom is -0.427 e. The van der Waals surface area contributed by atoms with Crippen molar-refractivity contribution in [2.75, 3.05) is 18.8 Å². The number of ether oxygens (including phenoxy) is 2. The van der Waals surface area contributed by atoms with Gasteiger partial charge in [-0.3, -0.25) is 14.5 Å². The lowest BCUT2D eigenvalue weighted by Crippen LogP contribution is -2.54. The third-order valence-corrected chi connectivity index (χ3v) is 19.1. The van der Waals surface area contributed by atoms with Crippen LogP contribution in [0.15, 0.2) is 93.3 Å². The van der Waals surface area contributed by atoms with E-state index in [2.05, 4.69) is 47.9 Å². The summed E-state index contributed by atoms with van der Waals surface area (Å²) in [6, 6.07) is 0. The molecule has 0 aromatic carbocycles. The van der Waals surface area contributed by atoms with Crippen molar-refractivity contribution in [1.82, 2.24) is 15.5 Å². The molecule has 13 aliphatic rings. The molecule has 0 radical (unpaired) electrons. The number of carbonyl (C=O) groups is 4. The lowest BCUT2D eigenvalue weighted by molar-refractivity contribution is -0.138. The van der Waals surface area contributed by atoms with E-state index in [1.807, 2.05) is 21.6 Å². The van der Waals surface area contributed by atoms with Crippen LogP contribution in [-0.2, 0) is 28.7 Å². The number of fused-ring (bicyclic) bond motifs is 6. The maximum Gasteiger partial charge on any atom is 0.340 e. The largest absolute Gasteiger partial charge is 0.427 e. The fourth-order valence-corrected chi connectivity index (χ4v) is 16.3. The van der Waals surface area contributed by atoms with E-state index >= 15 is 4.79 Å². The highest BCUT2D eigenvalue weighted by molar-refractivity contribution is 8.77. The first-order valence-electron chi connectivity index (χ1n) is 22.6. The van der Waals surface area contributed by atoms with Gasteiger partial charge in [0.05, 0.1) is 11.0 Å². The molecule has 7 atom stereocenters. The van der Waals surface area contributed by atoms with Crippen LogP contribution in [-0.4, -0.2) is 52.9 Å². The Labute approximate surface area is 355 Å². The highest BCUT2D eigenvalue weighted by atomic mass is 33.1. The number of dihydropyridines is 2. The zero-order valence-electron chi connectivity index (χ0n) is 34.0. The summed E-state index contributed by atoms with van der Waals surface area (Å²) >= 11 is 0. The predicted molar refractivity (Wildman–Crippen MR) is 228 cm³/mol. The molecule has 310 valence electrons. The third-order valence-electron chi connectivity index (χ3n) is 16.4. The Kier molecular flexibility index (Phi) is 9.55. The van der Waals surface area contributed by atoms with E-state index in [1.54, 1.807) is 0 Å². The molecule has 0 aromatic heterocycles. The molecule has 59 heavy (non-hydrogen) atoms. The Balaban J connectivity index is 1.12. The Hall–Kier alpha value is -3.70. The molecule has 9 bridgehead atoms. The zero-order chi connectivity index (χ0) is 40.0. The van der Waals surface area contributed by atoms with Gasteiger partial charge in [-0.05, 0) is 104 Å². The molecule has 2 N–H and O–H groups in total. The van der Waals surface area contributed by atoms with E-state index < -0.39 is 11.3 Å². The van der Waals surface area contributed by atoms with Crippen LogP contribution >= 0.6 is 21.6 Å². The second-order valence-corrected chi connectivity index (χ2v) is 21.6. The van der Waals surface area contributed by atoms with E-state index in [-0.39, 0.29) is 58.8 Å². The first-order valence-corrected chi connectivity index (χ1v) is 25.0. The zero-order valence-corrected chi connectivity index (χ0v) is 35.7. The number of amides is 2. The average Bonchev–Trinajstić information content (AvgIpc) is 4.02. The van der Waals surface area contributed by atoms with Gasteiger partial charge in [0, 0.05) is 59.5 Å². The third kappa shape index (κ3) is 6.00. The number of hydrogen-bond acceptors (Lipinski definition) is 10. The number of allylic oxidation sites excluding steroid dienone is 6. The molecule has 9 nitrogen and oxygen atoms in total. The minimum absolute atomic E-state index is 0.0322. The van der Waals surface area contributed by atoms with Crippen LogP contribution in [0.1, 0.15) is 103 Å². The summed E-state index contributed by atoms with van der Waals surface area (Å²) in [7, 11) is 3.78. The van der Waals surface area contributed by atoms with Crippen molar-refractivity contribution in [3.8, 4) is 0 Å². The van der Waals surface area contributed by atoms with Gasteiger partial charge >= 0.3 is 11.9 Å². The monoisotopic (exact) mass is 833 g/mol. The number of cyclic esters (lactones) is 1. The topological polar surface area (TPSA) is 114 Å². The van der Waals surface area contributed by atoms with Crippen LogP contribution in [0.4, 0.5) is 0 Å². The Morgan fingerprint density at radius 2 is 1.71 bits per heavy atom. The van der Waals surface area contributed by atoms with Gasteiger partial charge in [0.1, 0.15) is 22.7 Å². The molecule has 1 saturated heterocycles. The Morgan fingerprint density at radius 3 is 2.51 bits per heavy atom. The quantitative estimate of drug-likeness (QED) is 0.159. The molecule has 3 saturated carbocycles. The SMILES string of the molecule is CCC1(C=C2OC(=O)C3=C2CCC2C4CCC5(C6=CCC(C7CCCCC7)CSSC7C=CC8=C(NCC=C8C(CN8C(=O)C=CC8=O)C4=C5C(=O)O6)N7)C32)CCCC1. The molecular weight excluding hydrogens is 779 g/mol. The van der Waals surface area contributed by atoms with Crippen LogP contribution in [0.3, 0.4) is 0 Å². The number of carbonyl (C=O) groups excluding carboxylic acids is 4. The summed E-state index contributed by atoms with van der Waals surface area (Å²) < 4.78 is 13.1. The van der Waals surface area contributed by atoms with Crippen molar-refractivity contribution in [2.45, 2.75) is 109 Å². The van der Waals surface area contributed by atoms with Crippen molar-refractivity contribution < 1.29 is 28.7 Å². The van der Waals surface area contributed by atoms with Crippen molar-refractivity contribution in [1.29, 1.82) is 0 Å². The number of hydrogen-bond donors (Lipinski definition) is 2. The number of nitrogens with zero attached hydrogens (tertiary/aromatic N) is 1. The molecule has 0 aromatic rings. The molecule has 13 rings (SSSR count). The maximum atomic E-state index is 15.1. The first kappa shape index (κ1) is 38.2. The molecule has 6 aliphatic carbocycles. The summed E-state index contributed by atoms with van der Waals surface area (Å²) in [5.74, 6) is 2.61. The molecule has 4 fully saturated rings. The van der Waals surface area contributed by atoms with Gasteiger partial charge in [-0.1, -0.05) is 91.7 Å². The van der Waals surface area contributed by atoms with Gasteiger partial charge in [-0.25, -0.2) is 9.59 Å². The van der Waals surface area contributed by atoms with Gasteiger partial charge in [0.2, 0.25) is 0 Å². The van der Waals surface area contributed by atoms with E-state index in [0.29, 0.717) is 30.4 Å². The van der Waals surface area contributed by atoms with E-state index in [1.165, 1.54) is 62.0 Å². The first-order chi connectivity index (χ1) is 28.8. The van der Waals surface area contributed by atoms with Crippen molar-refractivity contribution in [2.24, 2.45) is 46.3 Å². The van der Waals surface area contributed by atoms with Crippen LogP contribution in [0, 0.1) is 46.3 Å². The number of imide groups is 1. The van der Waals surface area contributed by atoms with Crippen LogP contribution in [0.25, 0.3) is 0 Å². The minimum atomic E-state index is -0.834. The Bertz CT molecular complexity index is 2140. The summed E-state index contributed by atoms with van der Waals surface area (Å²) in [4.78, 5) is 57.7. The molecular formula is C48H55N3O6S2. The van der Waals surface area contributed by atoms with Gasteiger partial charge in [-0.2, -0.15) is 0 Å². The molecule has 7 heterocycles. The van der Waals surface area contributed by atoms with Crippen molar-refractivity contribution >= 4 is 45.3 Å². The van der Waals surface area contributed by atoms with E-state index in [0.717, 1.165) is 95.9 Å². The van der Waals surface area contributed by atoms with Crippen LogP contribution < -0.4 is 10.6 Å². The smallest absolute Gasteiger partial charge is 0.340 e. The molecule has 11 heteroatoms. The van der Waals surface area contributed by atoms with Gasteiger partial charge < -0.3 is 20.1 Å². The standard InChI is InChI=1S/C48H55N3O6S2/c1-2-47(20-6-7-21-47)24-35-33-12-11-31-30-18-22-48(42(31)41(33)45(54)56-35)36-14-10-28(27-8-4-3-5-9-27)26-58-59-37-15-13-32-29(19-23-49-44(32)50-37)34(40(30)43(48)46(55)57-36)25-51-38(52)16-17-39(51)53/h13-17,19,24,27-28,30-31,34,37,42,49-50H,2-12,18,20-23,25-26H2,1H3. The van der Waals surface area contributed by atoms with Crippen molar-refractivity contribution in [3.63, 3.8) is 0 Å². The van der Waals surface area contributed by atoms with Gasteiger partial charge in [-0.15, -0.1) is 0 Å². The van der Waals surface area contributed by atoms with Gasteiger partial charge in [0.25, 0.3) is 11.8 Å². The lowest BCUT2D eigenvalue weighted by Gasteiger charge is -2.57. The number of esters is 2. The molecule has 7 aliphatic heterocycles. The Morgan fingerprint density at radius 1 is 0.898 bits per heavy atom. The maximum absolute atomic E-state index is 15.1.